The Morgan fingerprint density at radius 2 is 1.38 bits per heavy atom. The third-order valence-corrected chi connectivity index (χ3v) is 7.45. The molecular formula is C21H14Br2N2O2S2. The van der Waals surface area contributed by atoms with Crippen LogP contribution in [0.2, 0.25) is 0 Å². The summed E-state index contributed by atoms with van der Waals surface area (Å²) < 4.78 is 33.6. The van der Waals surface area contributed by atoms with Crippen LogP contribution in [0.5, 0.6) is 0 Å². The lowest BCUT2D eigenvalue weighted by molar-refractivity contribution is 0.596. The molecule has 0 amide bonds. The second-order valence-corrected chi connectivity index (χ2v) is 10.4. The summed E-state index contributed by atoms with van der Waals surface area (Å²) in [7, 11) is -3.85. The van der Waals surface area contributed by atoms with Crippen LogP contribution in [0.4, 0.5) is 0 Å². The first-order valence-electron chi connectivity index (χ1n) is 8.52. The van der Waals surface area contributed by atoms with Crippen molar-refractivity contribution in [1.29, 1.82) is 0 Å². The van der Waals surface area contributed by atoms with Gasteiger partial charge in [0.15, 0.2) is 0 Å². The molecule has 0 N–H and O–H groups in total. The highest BCUT2D eigenvalue weighted by atomic mass is 79.9. The van der Waals surface area contributed by atoms with E-state index in [1.54, 1.807) is 24.3 Å². The lowest BCUT2D eigenvalue weighted by Crippen LogP contribution is -2.16. The zero-order chi connectivity index (χ0) is 20.4. The molecule has 146 valence electrons. The monoisotopic (exact) mass is 548 g/mol. The average molecular weight is 550 g/mol. The summed E-state index contributed by atoms with van der Waals surface area (Å²) in [6.45, 7) is 0. The summed E-state index contributed by atoms with van der Waals surface area (Å²) in [6, 6.07) is 24.0. The number of para-hydroxylation sites is 1. The molecular weight excluding hydrogens is 536 g/mol. The molecule has 8 heteroatoms. The highest BCUT2D eigenvalue weighted by Crippen LogP contribution is 2.25. The van der Waals surface area contributed by atoms with E-state index in [1.165, 1.54) is 11.3 Å². The topological polar surface area (TPSA) is 51.4 Å². The quantitative estimate of drug-likeness (QED) is 0.312. The highest BCUT2D eigenvalue weighted by molar-refractivity contribution is 9.10. The first-order chi connectivity index (χ1) is 13.9. The Hall–Kier alpha value is -2.00. The predicted octanol–water partition coefficient (Wildman–Crippen LogP) is 6.02. The van der Waals surface area contributed by atoms with Gasteiger partial charge in [0.25, 0.3) is 10.0 Å². The van der Waals surface area contributed by atoms with Crippen LogP contribution in [0, 0.1) is 0 Å². The van der Waals surface area contributed by atoms with Gasteiger partial charge in [-0.25, -0.2) is 0 Å². The molecule has 0 unspecified atom stereocenters. The zero-order valence-corrected chi connectivity index (χ0v) is 19.7. The van der Waals surface area contributed by atoms with Crippen molar-refractivity contribution in [3.8, 4) is 16.9 Å². The van der Waals surface area contributed by atoms with Gasteiger partial charge in [-0.1, -0.05) is 62.2 Å². The van der Waals surface area contributed by atoms with Gasteiger partial charge in [-0.3, -0.25) is 4.57 Å². The van der Waals surface area contributed by atoms with Crippen molar-refractivity contribution in [3.05, 3.63) is 98.0 Å². The molecule has 0 radical (unpaired) electrons. The van der Waals surface area contributed by atoms with Crippen LogP contribution >= 0.6 is 43.2 Å². The molecule has 1 heterocycles. The molecule has 4 aromatic rings. The van der Waals surface area contributed by atoms with Crippen molar-refractivity contribution in [1.82, 2.24) is 4.57 Å². The van der Waals surface area contributed by atoms with Gasteiger partial charge in [0.05, 0.1) is 10.6 Å². The lowest BCUT2D eigenvalue weighted by Gasteiger charge is -2.09. The van der Waals surface area contributed by atoms with E-state index in [-0.39, 0.29) is 4.90 Å². The molecule has 0 atom stereocenters. The van der Waals surface area contributed by atoms with Crippen LogP contribution < -0.4 is 4.80 Å². The predicted molar refractivity (Wildman–Crippen MR) is 124 cm³/mol. The maximum Gasteiger partial charge on any atom is 0.285 e. The van der Waals surface area contributed by atoms with E-state index in [4.69, 9.17) is 0 Å². The molecule has 29 heavy (non-hydrogen) atoms. The van der Waals surface area contributed by atoms with Crippen molar-refractivity contribution >= 4 is 53.2 Å². The fourth-order valence-electron chi connectivity index (χ4n) is 2.79. The average Bonchev–Trinajstić information content (AvgIpc) is 3.12. The Morgan fingerprint density at radius 1 is 0.793 bits per heavy atom. The van der Waals surface area contributed by atoms with Crippen LogP contribution in [-0.4, -0.2) is 13.0 Å². The second kappa shape index (κ2) is 8.39. The smallest absolute Gasteiger partial charge is 0.284 e. The third-order valence-electron chi connectivity index (χ3n) is 4.17. The van der Waals surface area contributed by atoms with E-state index in [0.29, 0.717) is 4.80 Å². The van der Waals surface area contributed by atoms with Gasteiger partial charge in [0.1, 0.15) is 0 Å². The van der Waals surface area contributed by atoms with Gasteiger partial charge >= 0.3 is 0 Å². The van der Waals surface area contributed by atoms with Gasteiger partial charge < -0.3 is 0 Å². The van der Waals surface area contributed by atoms with Crippen LogP contribution in [0.1, 0.15) is 0 Å². The van der Waals surface area contributed by atoms with Crippen LogP contribution in [0.25, 0.3) is 16.9 Å². The van der Waals surface area contributed by atoms with E-state index in [9.17, 15) is 8.42 Å². The molecule has 0 spiro atoms. The Morgan fingerprint density at radius 3 is 2.00 bits per heavy atom. The summed E-state index contributed by atoms with van der Waals surface area (Å²) >= 11 is 8.07. The molecule has 3 aromatic carbocycles. The van der Waals surface area contributed by atoms with Crippen LogP contribution in [0.3, 0.4) is 0 Å². The molecule has 0 aliphatic carbocycles. The largest absolute Gasteiger partial charge is 0.285 e. The van der Waals surface area contributed by atoms with Crippen LogP contribution in [-0.2, 0) is 10.0 Å². The lowest BCUT2D eigenvalue weighted by atomic mass is 10.1. The number of thiazole rings is 1. The first kappa shape index (κ1) is 20.3. The van der Waals surface area contributed by atoms with Crippen molar-refractivity contribution in [2.75, 3.05) is 0 Å². The number of halogens is 2. The van der Waals surface area contributed by atoms with Gasteiger partial charge in [0.2, 0.25) is 4.80 Å². The molecule has 0 bridgehead atoms. The van der Waals surface area contributed by atoms with Crippen molar-refractivity contribution in [3.63, 3.8) is 0 Å². The molecule has 0 aliphatic heterocycles. The van der Waals surface area contributed by atoms with Gasteiger partial charge in [0, 0.05) is 20.0 Å². The zero-order valence-electron chi connectivity index (χ0n) is 14.9. The van der Waals surface area contributed by atoms with Gasteiger partial charge in [-0.2, -0.15) is 8.42 Å². The van der Waals surface area contributed by atoms with Crippen molar-refractivity contribution < 1.29 is 8.42 Å². The minimum absolute atomic E-state index is 0.152. The fraction of sp³-hybridized carbons (Fsp3) is 0. The number of nitrogens with zero attached hydrogens (tertiary/aromatic N) is 2. The SMILES string of the molecule is O=S(=O)(/N=c1/scc(-c2ccc(Br)cc2)n1-c1ccccc1)c1ccc(Br)cc1. The summed E-state index contributed by atoms with van der Waals surface area (Å²) in [5.41, 5.74) is 2.69. The van der Waals surface area contributed by atoms with E-state index < -0.39 is 10.0 Å². The standard InChI is InChI=1S/C21H14Br2N2O2S2/c22-16-8-6-15(7-9-16)20-14-28-21(25(20)18-4-2-1-3-5-18)24-29(26,27)19-12-10-17(23)11-13-19/h1-14H/b24-21+. The number of aromatic nitrogens is 1. The number of hydrogen-bond donors (Lipinski definition) is 0. The number of hydrogen-bond acceptors (Lipinski definition) is 3. The second-order valence-electron chi connectivity index (χ2n) is 6.10. The molecule has 0 saturated heterocycles. The fourth-order valence-corrected chi connectivity index (χ4v) is 5.42. The summed E-state index contributed by atoms with van der Waals surface area (Å²) in [4.78, 5) is 0.538. The molecule has 0 aliphatic rings. The molecule has 0 saturated carbocycles. The van der Waals surface area contributed by atoms with E-state index in [1.807, 2.05) is 64.5 Å². The first-order valence-corrected chi connectivity index (χ1v) is 12.4. The third kappa shape index (κ3) is 4.45. The number of sulfonamides is 1. The molecule has 0 fully saturated rings. The molecule has 1 aromatic heterocycles. The van der Waals surface area contributed by atoms with E-state index >= 15 is 0 Å². The summed E-state index contributed by atoms with van der Waals surface area (Å²) in [6.07, 6.45) is 0. The van der Waals surface area contributed by atoms with E-state index in [0.717, 1.165) is 25.9 Å². The highest BCUT2D eigenvalue weighted by Gasteiger charge is 2.16. The van der Waals surface area contributed by atoms with Crippen molar-refractivity contribution in [2.24, 2.45) is 4.40 Å². The minimum Gasteiger partial charge on any atom is -0.284 e. The Balaban J connectivity index is 1.93. The number of benzene rings is 3. The van der Waals surface area contributed by atoms with Crippen LogP contribution in [0.15, 0.2) is 102 Å². The Labute approximate surface area is 189 Å². The Bertz CT molecular complexity index is 1310. The normalized spacial score (nSPS) is 12.3. The summed E-state index contributed by atoms with van der Waals surface area (Å²) in [5, 5.41) is 1.92. The van der Waals surface area contributed by atoms with Gasteiger partial charge in [-0.15, -0.1) is 15.7 Å². The molecule has 4 nitrogen and oxygen atoms in total. The van der Waals surface area contributed by atoms with Gasteiger partial charge in [-0.05, 0) is 54.1 Å². The minimum atomic E-state index is -3.85. The van der Waals surface area contributed by atoms with Crippen molar-refractivity contribution in [2.45, 2.75) is 4.90 Å². The van der Waals surface area contributed by atoms with E-state index in [2.05, 4.69) is 36.3 Å². The Kier molecular flexibility index (Phi) is 5.87. The summed E-state index contributed by atoms with van der Waals surface area (Å²) in [5.74, 6) is 0. The maximum atomic E-state index is 12.9. The number of rotatable bonds is 4. The maximum absolute atomic E-state index is 12.9. The molecule has 4 rings (SSSR count).